The molecule has 1 aliphatic heterocycles. The van der Waals surface area contributed by atoms with Crippen molar-refractivity contribution in [1.82, 2.24) is 4.90 Å². The van der Waals surface area contributed by atoms with Crippen molar-refractivity contribution in [3.63, 3.8) is 0 Å². The van der Waals surface area contributed by atoms with Crippen molar-refractivity contribution < 1.29 is 14.3 Å². The number of methoxy groups -OCH3 is 1. The lowest BCUT2D eigenvalue weighted by Crippen LogP contribution is -2.42. The summed E-state index contributed by atoms with van der Waals surface area (Å²) in [5.74, 6) is -0.315. The summed E-state index contributed by atoms with van der Waals surface area (Å²) in [5.41, 5.74) is 2.96. The van der Waals surface area contributed by atoms with Crippen molar-refractivity contribution in [3.8, 4) is 0 Å². The van der Waals surface area contributed by atoms with Crippen molar-refractivity contribution in [1.29, 1.82) is 0 Å². The molecular weight excluding hydrogens is 302 g/mol. The molecule has 1 unspecified atom stereocenters. The number of carbonyl (C=O) groups excluding carboxylic acids is 1. The van der Waals surface area contributed by atoms with E-state index in [2.05, 4.69) is 36.1 Å². The average molecular weight is 325 g/mol. The molecule has 0 saturated carbocycles. The van der Waals surface area contributed by atoms with E-state index in [4.69, 9.17) is 9.47 Å². The summed E-state index contributed by atoms with van der Waals surface area (Å²) in [4.78, 5) is 14.0. The number of morpholine rings is 1. The lowest BCUT2D eigenvalue weighted by molar-refractivity contribution is -0.0814. The van der Waals surface area contributed by atoms with Gasteiger partial charge in [0.05, 0.1) is 24.9 Å². The molecule has 1 saturated heterocycles. The molecule has 1 heterocycles. The van der Waals surface area contributed by atoms with Crippen LogP contribution in [0, 0.1) is 0 Å². The van der Waals surface area contributed by atoms with Crippen LogP contribution in [-0.4, -0.2) is 37.2 Å². The predicted molar refractivity (Wildman–Crippen MR) is 92.8 cm³/mol. The highest BCUT2D eigenvalue weighted by Crippen LogP contribution is 2.26. The van der Waals surface area contributed by atoms with Gasteiger partial charge in [-0.2, -0.15) is 0 Å². The van der Waals surface area contributed by atoms with Crippen molar-refractivity contribution >= 4 is 5.97 Å². The van der Waals surface area contributed by atoms with E-state index in [0.717, 1.165) is 25.2 Å². The van der Waals surface area contributed by atoms with Crippen LogP contribution in [0.4, 0.5) is 0 Å². The Morgan fingerprint density at radius 2 is 1.83 bits per heavy atom. The smallest absolute Gasteiger partial charge is 0.337 e. The summed E-state index contributed by atoms with van der Waals surface area (Å²) in [6.45, 7) is 4.79. The first-order valence-corrected chi connectivity index (χ1v) is 8.25. The van der Waals surface area contributed by atoms with Crippen molar-refractivity contribution in [2.24, 2.45) is 0 Å². The summed E-state index contributed by atoms with van der Waals surface area (Å²) in [6.07, 6.45) is 0.192. The molecular formula is C20H23NO3. The molecule has 0 spiro atoms. The third kappa shape index (κ3) is 4.02. The summed E-state index contributed by atoms with van der Waals surface area (Å²) >= 11 is 0. The molecule has 1 aliphatic rings. The van der Waals surface area contributed by atoms with E-state index >= 15 is 0 Å². The standard InChI is InChI=1S/C20H23NO3/c1-15-12-21(13-16-6-4-3-5-7-16)14-19(24-15)17-8-10-18(11-9-17)20(22)23-2/h3-11,15,19H,12-14H2,1-2H3/t15?,19-/m0/s1. The summed E-state index contributed by atoms with van der Waals surface area (Å²) in [5, 5.41) is 0. The Morgan fingerprint density at radius 1 is 1.12 bits per heavy atom. The third-order valence-corrected chi connectivity index (χ3v) is 4.29. The maximum atomic E-state index is 11.5. The van der Waals surface area contributed by atoms with Crippen LogP contribution in [0.25, 0.3) is 0 Å². The number of esters is 1. The molecule has 4 nitrogen and oxygen atoms in total. The first-order valence-electron chi connectivity index (χ1n) is 8.25. The zero-order valence-electron chi connectivity index (χ0n) is 14.1. The van der Waals surface area contributed by atoms with E-state index in [-0.39, 0.29) is 18.2 Å². The fourth-order valence-corrected chi connectivity index (χ4v) is 3.15. The maximum absolute atomic E-state index is 11.5. The fourth-order valence-electron chi connectivity index (χ4n) is 3.15. The Balaban J connectivity index is 1.70. The monoisotopic (exact) mass is 325 g/mol. The van der Waals surface area contributed by atoms with Crippen LogP contribution in [0.1, 0.15) is 34.5 Å². The van der Waals surface area contributed by atoms with Gasteiger partial charge in [0, 0.05) is 19.6 Å². The largest absolute Gasteiger partial charge is 0.465 e. The zero-order chi connectivity index (χ0) is 16.9. The topological polar surface area (TPSA) is 38.8 Å². The first kappa shape index (κ1) is 16.7. The second-order valence-electron chi connectivity index (χ2n) is 6.23. The van der Waals surface area contributed by atoms with Crippen LogP contribution >= 0.6 is 0 Å². The Morgan fingerprint density at radius 3 is 2.50 bits per heavy atom. The number of ether oxygens (including phenoxy) is 2. The summed E-state index contributed by atoms with van der Waals surface area (Å²) in [6, 6.07) is 18.0. The minimum Gasteiger partial charge on any atom is -0.465 e. The van der Waals surface area contributed by atoms with Crippen molar-refractivity contribution in [3.05, 3.63) is 71.3 Å². The van der Waals surface area contributed by atoms with E-state index in [1.165, 1.54) is 12.7 Å². The first-order chi connectivity index (χ1) is 11.7. The van der Waals surface area contributed by atoms with E-state index < -0.39 is 0 Å². The van der Waals surface area contributed by atoms with Crippen LogP contribution < -0.4 is 0 Å². The van der Waals surface area contributed by atoms with E-state index in [9.17, 15) is 4.79 Å². The number of carbonyl (C=O) groups is 1. The summed E-state index contributed by atoms with van der Waals surface area (Å²) < 4.78 is 10.9. The Bertz CT molecular complexity index is 669. The molecule has 0 aromatic heterocycles. The van der Waals surface area contributed by atoms with E-state index in [0.29, 0.717) is 5.56 Å². The van der Waals surface area contributed by atoms with Gasteiger partial charge in [-0.1, -0.05) is 42.5 Å². The van der Waals surface area contributed by atoms with Crippen LogP contribution in [0.15, 0.2) is 54.6 Å². The molecule has 0 bridgehead atoms. The molecule has 0 N–H and O–H groups in total. The molecule has 2 aromatic rings. The highest BCUT2D eigenvalue weighted by Gasteiger charge is 2.26. The number of rotatable bonds is 4. The molecule has 3 rings (SSSR count). The van der Waals surface area contributed by atoms with E-state index in [1.807, 2.05) is 18.2 Å². The van der Waals surface area contributed by atoms with E-state index in [1.54, 1.807) is 12.1 Å². The zero-order valence-corrected chi connectivity index (χ0v) is 14.1. The van der Waals surface area contributed by atoms with Crippen LogP contribution in [0.3, 0.4) is 0 Å². The predicted octanol–water partition coefficient (Wildman–Crippen LogP) is 3.44. The van der Waals surface area contributed by atoms with Crippen LogP contribution in [0.5, 0.6) is 0 Å². The number of nitrogens with zero attached hydrogens (tertiary/aromatic N) is 1. The maximum Gasteiger partial charge on any atom is 0.337 e. The molecule has 0 radical (unpaired) electrons. The molecule has 0 aliphatic carbocycles. The minimum absolute atomic E-state index is 0.0177. The Kier molecular flexibility index (Phi) is 5.28. The second-order valence-corrected chi connectivity index (χ2v) is 6.23. The molecule has 1 fully saturated rings. The highest BCUT2D eigenvalue weighted by molar-refractivity contribution is 5.89. The molecule has 2 atom stereocenters. The average Bonchev–Trinajstić information content (AvgIpc) is 2.61. The molecule has 4 heteroatoms. The number of hydrogen-bond donors (Lipinski definition) is 0. The fraction of sp³-hybridized carbons (Fsp3) is 0.350. The van der Waals surface area contributed by atoms with Gasteiger partial charge in [-0.05, 0) is 30.2 Å². The number of benzene rings is 2. The Labute approximate surface area is 143 Å². The van der Waals surface area contributed by atoms with Gasteiger partial charge in [-0.3, -0.25) is 4.90 Å². The van der Waals surface area contributed by atoms with Crippen LogP contribution in [0.2, 0.25) is 0 Å². The molecule has 24 heavy (non-hydrogen) atoms. The van der Waals surface area contributed by atoms with Gasteiger partial charge >= 0.3 is 5.97 Å². The van der Waals surface area contributed by atoms with Gasteiger partial charge in [0.2, 0.25) is 0 Å². The van der Waals surface area contributed by atoms with Gasteiger partial charge < -0.3 is 9.47 Å². The normalized spacial score (nSPS) is 21.4. The SMILES string of the molecule is COC(=O)c1ccc([C@@H]2CN(Cc3ccccc3)CC(C)O2)cc1. The molecule has 2 aromatic carbocycles. The molecule has 126 valence electrons. The lowest BCUT2D eigenvalue weighted by atomic mass is 10.0. The molecule has 0 amide bonds. The second kappa shape index (κ2) is 7.60. The quantitative estimate of drug-likeness (QED) is 0.807. The van der Waals surface area contributed by atoms with Gasteiger partial charge in [-0.25, -0.2) is 4.79 Å². The minimum atomic E-state index is -0.315. The summed E-state index contributed by atoms with van der Waals surface area (Å²) in [7, 11) is 1.39. The van der Waals surface area contributed by atoms with Crippen LogP contribution in [-0.2, 0) is 16.0 Å². The number of hydrogen-bond acceptors (Lipinski definition) is 4. The van der Waals surface area contributed by atoms with Gasteiger partial charge in [0.1, 0.15) is 0 Å². The van der Waals surface area contributed by atoms with Crippen molar-refractivity contribution in [2.75, 3.05) is 20.2 Å². The van der Waals surface area contributed by atoms with Gasteiger partial charge in [-0.15, -0.1) is 0 Å². The highest BCUT2D eigenvalue weighted by atomic mass is 16.5. The van der Waals surface area contributed by atoms with Gasteiger partial charge in [0.25, 0.3) is 0 Å². The van der Waals surface area contributed by atoms with Crippen molar-refractivity contribution in [2.45, 2.75) is 25.7 Å². The van der Waals surface area contributed by atoms with Gasteiger partial charge in [0.15, 0.2) is 0 Å². The Hall–Kier alpha value is -2.17. The lowest BCUT2D eigenvalue weighted by Gasteiger charge is -2.37. The third-order valence-electron chi connectivity index (χ3n) is 4.29.